The Balaban J connectivity index is -0.000000259. The van der Waals surface area contributed by atoms with Crippen LogP contribution in [0.25, 0.3) is 0 Å². The fourth-order valence-corrected chi connectivity index (χ4v) is 7.92. The van der Waals surface area contributed by atoms with Gasteiger partial charge in [0.25, 0.3) is 0 Å². The van der Waals surface area contributed by atoms with Crippen molar-refractivity contribution in [3.05, 3.63) is 0 Å². The molecule has 63 heavy (non-hydrogen) atoms. The zero-order chi connectivity index (χ0) is 46.7. The number of aliphatic carboxylic acids is 3. The van der Waals surface area contributed by atoms with Crippen LogP contribution in [0.4, 0.5) is 0 Å². The molecule has 370 valence electrons. The maximum absolute atomic E-state index is 10.2. The first kappa shape index (κ1) is 72.3. The van der Waals surface area contributed by atoms with Gasteiger partial charge in [0, 0.05) is 17.9 Å². The Bertz CT molecular complexity index is 742. The van der Waals surface area contributed by atoms with Crippen LogP contribution < -0.4 is 15.3 Å². The van der Waals surface area contributed by atoms with Gasteiger partial charge in [-0.15, -0.1) is 0 Å². The first-order valence-electron chi connectivity index (χ1n) is 27.1. The molecular formula is C54H105CaO7Sb. The van der Waals surface area contributed by atoms with E-state index in [2.05, 4.69) is 20.8 Å². The fraction of sp³-hybridized carbons (Fsp3) is 0.944. The van der Waals surface area contributed by atoms with Crippen molar-refractivity contribution >= 4 is 78.7 Å². The van der Waals surface area contributed by atoms with Gasteiger partial charge < -0.3 is 29.7 Å². The van der Waals surface area contributed by atoms with Crippen LogP contribution in [0.1, 0.15) is 329 Å². The van der Waals surface area contributed by atoms with E-state index in [1.165, 1.54) is 250 Å². The monoisotopic (exact) mass is 1030 g/mol. The molecule has 0 fully saturated rings. The van der Waals surface area contributed by atoms with E-state index in [1.54, 1.807) is 0 Å². The molecule has 0 aromatic rings. The summed E-state index contributed by atoms with van der Waals surface area (Å²) in [5.74, 6) is -2.71. The van der Waals surface area contributed by atoms with Gasteiger partial charge in [-0.05, 0) is 38.5 Å². The Morgan fingerprint density at radius 3 is 0.429 bits per heavy atom. The Labute approximate surface area is 436 Å². The predicted molar refractivity (Wildman–Crippen MR) is 266 cm³/mol. The first-order valence-corrected chi connectivity index (χ1v) is 28.1. The molecular weight excluding hydrogens is 922 g/mol. The summed E-state index contributed by atoms with van der Waals surface area (Å²) < 4.78 is 8.30. The van der Waals surface area contributed by atoms with Crippen molar-refractivity contribution in [2.24, 2.45) is 0 Å². The quantitative estimate of drug-likeness (QED) is 0.0437. The second-order valence-corrected chi connectivity index (χ2v) is 18.2. The second-order valence-electron chi connectivity index (χ2n) is 18.2. The number of unbranched alkanes of at least 4 members (excludes halogenated alkanes) is 42. The van der Waals surface area contributed by atoms with Crippen molar-refractivity contribution in [3.8, 4) is 0 Å². The normalized spacial score (nSPS) is 10.4. The minimum atomic E-state index is -0.903. The van der Waals surface area contributed by atoms with Crippen LogP contribution in [0.5, 0.6) is 0 Å². The van der Waals surface area contributed by atoms with Crippen LogP contribution in [0.2, 0.25) is 0 Å². The molecule has 0 saturated heterocycles. The number of rotatable bonds is 48. The van der Waals surface area contributed by atoms with E-state index in [1.807, 2.05) is 0 Å². The number of carbonyl (C=O) groups is 3. The summed E-state index contributed by atoms with van der Waals surface area (Å²) in [5, 5.41) is 30.7. The zero-order valence-corrected chi connectivity index (χ0v) is 47.2. The summed E-state index contributed by atoms with van der Waals surface area (Å²) in [6.07, 6.45) is 59.6. The molecule has 0 aromatic heterocycles. The van der Waals surface area contributed by atoms with Gasteiger partial charge in [-0.25, -0.2) is 0 Å². The summed E-state index contributed by atoms with van der Waals surface area (Å²) in [6.45, 7) is 6.80. The van der Waals surface area contributed by atoms with Crippen molar-refractivity contribution in [1.29, 1.82) is 0 Å². The van der Waals surface area contributed by atoms with Gasteiger partial charge >= 0.3 is 63.8 Å². The van der Waals surface area contributed by atoms with Gasteiger partial charge in [0.1, 0.15) is 0 Å². The van der Waals surface area contributed by atoms with Crippen molar-refractivity contribution in [2.75, 3.05) is 0 Å². The van der Waals surface area contributed by atoms with Crippen LogP contribution in [0.3, 0.4) is 0 Å². The molecule has 0 saturated carbocycles. The number of carbonyl (C=O) groups excluding carboxylic acids is 3. The molecule has 0 amide bonds. The molecule has 9 heteroatoms. The van der Waals surface area contributed by atoms with Crippen molar-refractivity contribution in [1.82, 2.24) is 0 Å². The zero-order valence-electron chi connectivity index (χ0n) is 42.5. The third-order valence-electron chi connectivity index (χ3n) is 12.0. The molecule has 0 heterocycles. The van der Waals surface area contributed by atoms with E-state index in [-0.39, 0.29) is 57.0 Å². The van der Waals surface area contributed by atoms with Gasteiger partial charge in [-0.1, -0.05) is 290 Å². The number of hydrogen-bond donors (Lipinski definition) is 0. The van der Waals surface area contributed by atoms with Crippen molar-refractivity contribution in [2.45, 2.75) is 329 Å². The Hall–Kier alpha value is 0.288. The summed E-state index contributed by atoms with van der Waals surface area (Å²) in [4.78, 5) is 30.7. The molecule has 7 nitrogen and oxygen atoms in total. The van der Waals surface area contributed by atoms with Gasteiger partial charge in [0.2, 0.25) is 0 Å². The van der Waals surface area contributed by atoms with Crippen LogP contribution in [-0.4, -0.2) is 78.7 Å². The molecule has 0 aliphatic heterocycles. The average molecular weight is 1030 g/mol. The first-order chi connectivity index (χ1) is 30.3. The number of carboxylic acids is 3. The molecule has 0 spiro atoms. The Morgan fingerprint density at radius 1 is 0.238 bits per heavy atom. The maximum atomic E-state index is 10.2. The van der Waals surface area contributed by atoms with E-state index in [0.717, 1.165) is 38.5 Å². The minimum absolute atomic E-state index is 0. The summed E-state index contributed by atoms with van der Waals surface area (Å²) >= 11 is 0.500. The van der Waals surface area contributed by atoms with E-state index < -0.39 is 17.9 Å². The van der Waals surface area contributed by atoms with E-state index >= 15 is 0 Å². The van der Waals surface area contributed by atoms with Crippen LogP contribution in [-0.2, 0) is 17.4 Å². The molecule has 0 rings (SSSR count). The van der Waals surface area contributed by atoms with Crippen LogP contribution in [0.15, 0.2) is 0 Å². The predicted octanol–water partition coefficient (Wildman–Crippen LogP) is 14.1. The Morgan fingerprint density at radius 2 is 0.333 bits per heavy atom. The fourth-order valence-electron chi connectivity index (χ4n) is 7.92. The molecule has 0 N–H and O–H groups in total. The SMILES string of the molecule is CCCCCCCCCCCCCCCCCC(=O)[O-].CCCCCCCCCCCCCCCCCC(=O)[O-].CCCCCCCCCCCCCCCCCC(=O)[O-].[Ca+2].[O]=[Sb+]. The van der Waals surface area contributed by atoms with Crippen molar-refractivity contribution < 1.29 is 32.7 Å². The second kappa shape index (κ2) is 71.3. The summed E-state index contributed by atoms with van der Waals surface area (Å²) in [6, 6.07) is 0. The van der Waals surface area contributed by atoms with Crippen molar-refractivity contribution in [3.63, 3.8) is 0 Å². The molecule has 0 unspecified atom stereocenters. The van der Waals surface area contributed by atoms with Gasteiger partial charge in [-0.2, -0.15) is 0 Å². The number of hydrogen-bond acceptors (Lipinski definition) is 7. The third-order valence-corrected chi connectivity index (χ3v) is 12.0. The van der Waals surface area contributed by atoms with E-state index in [0.29, 0.717) is 23.0 Å². The topological polar surface area (TPSA) is 137 Å². The van der Waals surface area contributed by atoms with Crippen LogP contribution in [0, 0.1) is 0 Å². The van der Waals surface area contributed by atoms with E-state index in [9.17, 15) is 29.7 Å². The summed E-state index contributed by atoms with van der Waals surface area (Å²) in [5.41, 5.74) is 0. The average Bonchev–Trinajstić information content (AvgIpc) is 3.26. The van der Waals surface area contributed by atoms with Gasteiger partial charge in [-0.3, -0.25) is 0 Å². The van der Waals surface area contributed by atoms with E-state index in [4.69, 9.17) is 3.02 Å². The Kier molecular flexibility index (Phi) is 81.8. The summed E-state index contributed by atoms with van der Waals surface area (Å²) in [7, 11) is 0. The van der Waals surface area contributed by atoms with Gasteiger partial charge in [0.15, 0.2) is 0 Å². The molecule has 0 aliphatic carbocycles. The molecule has 0 bridgehead atoms. The molecule has 2 radical (unpaired) electrons. The van der Waals surface area contributed by atoms with Gasteiger partial charge in [0.05, 0.1) is 0 Å². The standard InChI is InChI=1S/3C18H36O2.Ca.O.Sb/c3*1-2-3-4-5-6-7-8-9-10-11-12-13-14-15-16-17-18(19)20;;;/h3*2-17H2,1H3,(H,19,20);;;/q;;;+2;;+1/p-3. The third kappa shape index (κ3) is 86.1. The van der Waals surface area contributed by atoms with Crippen LogP contribution >= 0.6 is 0 Å². The molecule has 0 atom stereocenters. The molecule has 0 aliphatic rings. The number of carboxylic acid groups (broad SMARTS) is 3. The molecule has 0 aromatic carbocycles.